The van der Waals surface area contributed by atoms with Crippen LogP contribution in [0.15, 0.2) is 249 Å². The van der Waals surface area contributed by atoms with Crippen LogP contribution in [0.5, 0.6) is 0 Å². The number of imidazole rings is 8. The maximum absolute atomic E-state index is 5.59. The Morgan fingerprint density at radius 2 is 0.547 bits per heavy atom. The van der Waals surface area contributed by atoms with E-state index in [1.165, 1.54) is 47.9 Å². The molecule has 86 heavy (non-hydrogen) atoms. The molecule has 21 rings (SSSR count). The second kappa shape index (κ2) is 15.8. The van der Waals surface area contributed by atoms with Crippen molar-refractivity contribution in [1.29, 1.82) is 0 Å². The number of hydrogen-bond acceptors (Lipinski definition) is 4. The summed E-state index contributed by atoms with van der Waals surface area (Å²) in [6, 6.07) is 92.3. The zero-order chi connectivity index (χ0) is 55.8. The lowest BCUT2D eigenvalue weighted by Crippen LogP contribution is -2.74. The molecule has 0 aliphatic carbocycles. The van der Waals surface area contributed by atoms with Gasteiger partial charge in [-0.05, 0) is 172 Å². The topological polar surface area (TPSA) is 78.0 Å². The van der Waals surface area contributed by atoms with Crippen molar-refractivity contribution in [2.75, 3.05) is 0 Å². The van der Waals surface area contributed by atoms with Gasteiger partial charge in [0.05, 0.1) is 66.2 Å². The lowest BCUT2D eigenvalue weighted by molar-refractivity contribution is 1.15. The Balaban J connectivity index is 0.779. The third-order valence-corrected chi connectivity index (χ3v) is 23.8. The predicted octanol–water partition coefficient (Wildman–Crippen LogP) is 14.5. The van der Waals surface area contributed by atoms with Gasteiger partial charge in [0.15, 0.2) is 8.07 Å². The average molecular weight is 1110 g/mol. The molecule has 0 saturated heterocycles. The van der Waals surface area contributed by atoms with E-state index in [9.17, 15) is 0 Å². The summed E-state index contributed by atoms with van der Waals surface area (Å²) < 4.78 is 14.0. The monoisotopic (exact) mass is 1110 g/mol. The summed E-state index contributed by atoms with van der Waals surface area (Å²) in [4.78, 5) is 21.8. The molecular formula is C75H44N10Si. The number of fused-ring (bicyclic) bond motifs is 24. The highest BCUT2D eigenvalue weighted by molar-refractivity contribution is 7.20. The fourth-order valence-electron chi connectivity index (χ4n) is 15.4. The fraction of sp³-hybridized carbons (Fsp3) is 0.0133. The van der Waals surface area contributed by atoms with Gasteiger partial charge in [0.1, 0.15) is 11.0 Å². The minimum absolute atomic E-state index is 0.844. The van der Waals surface area contributed by atoms with Gasteiger partial charge in [0.2, 0.25) is 23.1 Å². The fourth-order valence-corrected chi connectivity index (χ4v) is 20.2. The Morgan fingerprint density at radius 1 is 0.244 bits per heavy atom. The molecule has 0 saturated carbocycles. The Labute approximate surface area is 488 Å². The van der Waals surface area contributed by atoms with E-state index in [2.05, 4.69) is 282 Å². The van der Waals surface area contributed by atoms with E-state index in [-0.39, 0.29) is 0 Å². The molecule has 8 heterocycles. The van der Waals surface area contributed by atoms with Crippen LogP contribution in [-0.4, -0.2) is 54.4 Å². The number of benzene rings is 13. The normalized spacial score (nSPS) is 12.9. The summed E-state index contributed by atoms with van der Waals surface area (Å²) in [6.45, 7) is 2.19. The molecule has 11 heteroatoms. The average Bonchev–Trinajstić information content (AvgIpc) is 1.58. The Morgan fingerprint density at radius 3 is 0.907 bits per heavy atom. The van der Waals surface area contributed by atoms with Crippen molar-refractivity contribution in [3.63, 3.8) is 0 Å². The van der Waals surface area contributed by atoms with Crippen LogP contribution in [-0.2, 0) is 0 Å². The van der Waals surface area contributed by atoms with Crippen molar-refractivity contribution in [3.8, 4) is 11.1 Å². The summed E-state index contributed by atoms with van der Waals surface area (Å²) in [5.74, 6) is 3.44. The summed E-state index contributed by atoms with van der Waals surface area (Å²) in [7, 11) is -3.02. The molecule has 0 aliphatic rings. The van der Waals surface area contributed by atoms with Crippen molar-refractivity contribution in [2.45, 2.75) is 6.92 Å². The van der Waals surface area contributed by atoms with Crippen LogP contribution in [0, 0.1) is 6.92 Å². The van der Waals surface area contributed by atoms with Gasteiger partial charge < -0.3 is 0 Å². The minimum Gasteiger partial charge on any atom is -0.276 e. The molecule has 8 aromatic heterocycles. The van der Waals surface area contributed by atoms with Gasteiger partial charge in [-0.1, -0.05) is 164 Å². The van der Waals surface area contributed by atoms with E-state index in [0.29, 0.717) is 0 Å². The highest BCUT2D eigenvalue weighted by Crippen LogP contribution is 2.40. The van der Waals surface area contributed by atoms with Crippen LogP contribution in [0.2, 0.25) is 0 Å². The largest absolute Gasteiger partial charge is 0.276 e. The van der Waals surface area contributed by atoms with Crippen LogP contribution in [0.3, 0.4) is 0 Å². The van der Waals surface area contributed by atoms with E-state index < -0.39 is 8.07 Å². The predicted molar refractivity (Wildman–Crippen MR) is 355 cm³/mol. The summed E-state index contributed by atoms with van der Waals surface area (Å²) >= 11 is 0. The van der Waals surface area contributed by atoms with E-state index in [1.54, 1.807) is 0 Å². The first-order valence-electron chi connectivity index (χ1n) is 29.4. The third-order valence-electron chi connectivity index (χ3n) is 19.1. The summed E-state index contributed by atoms with van der Waals surface area (Å²) in [5, 5.41) is 14.6. The third kappa shape index (κ3) is 5.65. The number of aryl methyl sites for hydroxylation is 1. The maximum Gasteiger partial charge on any atom is 0.223 e. The first-order valence-corrected chi connectivity index (χ1v) is 31.4. The van der Waals surface area contributed by atoms with Gasteiger partial charge >= 0.3 is 0 Å². The minimum atomic E-state index is -3.02. The van der Waals surface area contributed by atoms with Gasteiger partial charge in [-0.2, -0.15) is 0 Å². The van der Waals surface area contributed by atoms with Crippen molar-refractivity contribution in [2.24, 2.45) is 0 Å². The van der Waals surface area contributed by atoms with Crippen LogP contribution in [0.1, 0.15) is 5.56 Å². The van der Waals surface area contributed by atoms with E-state index in [0.717, 1.165) is 133 Å². The highest BCUT2D eigenvalue weighted by atomic mass is 28.3. The SMILES string of the molecule is Cc1cc2c3c(c1)n1c4cc5cc(-c6ccc7cc8nc9n(c8cc7c6)c6cc([Si](c7ccccc7)(c7ccccc7)c7ccccc7)cc7c6n9c6nc8cc9ccccc9cc8n76)ccc5cc4nc1n3c1nc3cc4ccccc4cc3n21. The summed E-state index contributed by atoms with van der Waals surface area (Å²) in [5.41, 5.74) is 18.3. The molecule has 0 aliphatic heterocycles. The molecule has 0 amide bonds. The highest BCUT2D eigenvalue weighted by Gasteiger charge is 2.43. The van der Waals surface area contributed by atoms with Crippen molar-refractivity contribution in [3.05, 3.63) is 254 Å². The van der Waals surface area contributed by atoms with Crippen LogP contribution >= 0.6 is 0 Å². The molecule has 0 N–H and O–H groups in total. The molecule has 0 fully saturated rings. The van der Waals surface area contributed by atoms with Gasteiger partial charge in [-0.15, -0.1) is 0 Å². The molecule has 0 spiro atoms. The van der Waals surface area contributed by atoms with Gasteiger partial charge in [0, 0.05) is 0 Å². The lowest BCUT2D eigenvalue weighted by atomic mass is 9.98. The smallest absolute Gasteiger partial charge is 0.223 e. The van der Waals surface area contributed by atoms with Crippen LogP contribution in [0.25, 0.3) is 155 Å². The second-order valence-corrected chi connectivity index (χ2v) is 27.5. The van der Waals surface area contributed by atoms with Gasteiger partial charge in [-0.3, -0.25) is 17.6 Å². The second-order valence-electron chi connectivity index (χ2n) is 23.7. The molecule has 21 aromatic rings. The van der Waals surface area contributed by atoms with Crippen LogP contribution < -0.4 is 20.7 Å². The Kier molecular flexibility index (Phi) is 8.30. The molecule has 0 radical (unpaired) electrons. The number of hydrogen-bond donors (Lipinski definition) is 0. The number of aromatic nitrogens is 10. The van der Waals surface area contributed by atoms with Crippen molar-refractivity contribution < 1.29 is 0 Å². The standard InChI is InChI=1S/C75H44N10Si/c1-43-29-66-70-67(30-43)81-64-39-52-31-48(25-27-50(52)35-60(64)78-73(81)84(70)72-76-58-33-44-15-11-13-17-46(44)37-62(58)80(66)72)49-26-28-51-36-61-65(40-53(51)32-49)83-69-42-57(86(54-19-5-2-6-20-54,55-21-7-3-8-22-55)56-23-9-4-10-24-56)41-68-71(69)85(75(83)79-61)74-77-59-34-45-16-12-14-18-47(45)38-63(59)82(68)74/h2-42H,1H3. The van der Waals surface area contributed by atoms with Crippen LogP contribution in [0.4, 0.5) is 0 Å². The Hall–Kier alpha value is -11.4. The molecule has 10 nitrogen and oxygen atoms in total. The molecule has 0 unspecified atom stereocenters. The first-order chi connectivity index (χ1) is 42.5. The molecule has 0 atom stereocenters. The zero-order valence-electron chi connectivity index (χ0n) is 46.1. The number of rotatable bonds is 5. The number of nitrogens with zero attached hydrogens (tertiary/aromatic N) is 10. The van der Waals surface area contributed by atoms with Gasteiger partial charge in [0.25, 0.3) is 0 Å². The quantitative estimate of drug-likeness (QED) is 0.127. The Bertz CT molecular complexity index is 6430. The molecule has 398 valence electrons. The van der Waals surface area contributed by atoms with Gasteiger partial charge in [-0.25, -0.2) is 28.7 Å². The molecule has 0 bridgehead atoms. The first kappa shape index (κ1) is 45.2. The zero-order valence-corrected chi connectivity index (χ0v) is 47.1. The molecular weight excluding hydrogens is 1070 g/mol. The van der Waals surface area contributed by atoms with E-state index in [1.807, 2.05) is 0 Å². The van der Waals surface area contributed by atoms with E-state index >= 15 is 0 Å². The summed E-state index contributed by atoms with van der Waals surface area (Å²) in [6.07, 6.45) is 0. The maximum atomic E-state index is 5.59. The molecule has 13 aromatic carbocycles. The van der Waals surface area contributed by atoms with Crippen molar-refractivity contribution >= 4 is 172 Å². The van der Waals surface area contributed by atoms with E-state index in [4.69, 9.17) is 19.9 Å². The lowest BCUT2D eigenvalue weighted by Gasteiger charge is -2.34. The van der Waals surface area contributed by atoms with Crippen molar-refractivity contribution in [1.82, 2.24) is 46.3 Å².